The number of hydrogen-bond acceptors (Lipinski definition) is 2. The fourth-order valence-corrected chi connectivity index (χ4v) is 4.36. The molecule has 4 rings (SSSR count). The van der Waals surface area contributed by atoms with E-state index in [0.29, 0.717) is 12.2 Å². The second-order valence-corrected chi connectivity index (χ2v) is 6.01. The van der Waals surface area contributed by atoms with Crippen LogP contribution < -0.4 is 0 Å². The average molecular weight is 252 g/mol. The van der Waals surface area contributed by atoms with Crippen LogP contribution in [0.1, 0.15) is 24.0 Å². The SMILES string of the molecule is O=C1CCC12c1ccccc1Sc1ccccc12. The topological polar surface area (TPSA) is 17.1 Å². The molecule has 2 aromatic carbocycles. The van der Waals surface area contributed by atoms with Gasteiger partial charge in [0, 0.05) is 16.2 Å². The Morgan fingerprint density at radius 2 is 1.44 bits per heavy atom. The summed E-state index contributed by atoms with van der Waals surface area (Å²) < 4.78 is 0. The number of ketones is 1. The minimum absolute atomic E-state index is 0.335. The number of carbonyl (C=O) groups excluding carboxylic acids is 1. The van der Waals surface area contributed by atoms with Gasteiger partial charge in [-0.1, -0.05) is 48.2 Å². The second-order valence-electron chi connectivity index (χ2n) is 4.92. The normalized spacial score (nSPS) is 19.0. The number of hydrogen-bond donors (Lipinski definition) is 0. The van der Waals surface area contributed by atoms with E-state index in [2.05, 4.69) is 36.4 Å². The molecule has 1 aliphatic carbocycles. The van der Waals surface area contributed by atoms with Crippen molar-refractivity contribution >= 4 is 17.5 Å². The monoisotopic (exact) mass is 252 g/mol. The molecule has 18 heavy (non-hydrogen) atoms. The maximum absolute atomic E-state index is 12.3. The first-order valence-corrected chi connectivity index (χ1v) is 7.04. The van der Waals surface area contributed by atoms with Gasteiger partial charge < -0.3 is 0 Å². The van der Waals surface area contributed by atoms with Gasteiger partial charge in [-0.05, 0) is 29.7 Å². The highest BCUT2D eigenvalue weighted by atomic mass is 32.2. The van der Waals surface area contributed by atoms with Crippen LogP contribution in [-0.2, 0) is 10.2 Å². The van der Waals surface area contributed by atoms with E-state index in [4.69, 9.17) is 0 Å². The van der Waals surface area contributed by atoms with Gasteiger partial charge in [0.25, 0.3) is 0 Å². The summed E-state index contributed by atoms with van der Waals surface area (Å²) in [5.41, 5.74) is 2.09. The average Bonchev–Trinajstić information content (AvgIpc) is 2.43. The fourth-order valence-electron chi connectivity index (χ4n) is 3.13. The van der Waals surface area contributed by atoms with E-state index in [1.54, 1.807) is 11.8 Å². The predicted molar refractivity (Wildman–Crippen MR) is 72.0 cm³/mol. The Kier molecular flexibility index (Phi) is 2.01. The maximum atomic E-state index is 12.3. The summed E-state index contributed by atoms with van der Waals surface area (Å²) in [6.07, 6.45) is 1.67. The van der Waals surface area contributed by atoms with Gasteiger partial charge in [0.2, 0.25) is 0 Å². The molecule has 0 aromatic heterocycles. The molecule has 0 saturated heterocycles. The van der Waals surface area contributed by atoms with Crippen LogP contribution in [0.3, 0.4) is 0 Å². The number of benzene rings is 2. The van der Waals surface area contributed by atoms with Gasteiger partial charge in [-0.3, -0.25) is 4.79 Å². The van der Waals surface area contributed by atoms with Crippen molar-refractivity contribution < 1.29 is 4.79 Å². The molecule has 0 unspecified atom stereocenters. The van der Waals surface area contributed by atoms with Gasteiger partial charge in [0.05, 0.1) is 5.41 Å². The molecule has 1 heterocycles. The third-order valence-corrected chi connectivity index (χ3v) is 5.27. The van der Waals surface area contributed by atoms with Crippen LogP contribution >= 0.6 is 11.8 Å². The van der Waals surface area contributed by atoms with Gasteiger partial charge in [-0.15, -0.1) is 0 Å². The molecule has 0 bridgehead atoms. The number of carbonyl (C=O) groups is 1. The van der Waals surface area contributed by atoms with Crippen molar-refractivity contribution in [1.29, 1.82) is 0 Å². The second kappa shape index (κ2) is 3.48. The van der Waals surface area contributed by atoms with Crippen molar-refractivity contribution in [2.45, 2.75) is 28.0 Å². The van der Waals surface area contributed by atoms with Crippen molar-refractivity contribution in [3.05, 3.63) is 59.7 Å². The van der Waals surface area contributed by atoms with Gasteiger partial charge >= 0.3 is 0 Å². The Morgan fingerprint density at radius 3 is 1.89 bits per heavy atom. The molecule has 1 saturated carbocycles. The fraction of sp³-hybridized carbons (Fsp3) is 0.188. The quantitative estimate of drug-likeness (QED) is 0.709. The molecule has 1 fully saturated rings. The number of Topliss-reactive ketones (excluding diaryl/α,β-unsaturated/α-hetero) is 1. The summed E-state index contributed by atoms with van der Waals surface area (Å²) >= 11 is 1.78. The van der Waals surface area contributed by atoms with Crippen LogP contribution in [0.4, 0.5) is 0 Å². The van der Waals surface area contributed by atoms with Gasteiger partial charge in [-0.25, -0.2) is 0 Å². The molecule has 1 aliphatic heterocycles. The first-order valence-electron chi connectivity index (χ1n) is 6.22. The van der Waals surface area contributed by atoms with Crippen molar-refractivity contribution in [3.63, 3.8) is 0 Å². The molecular weight excluding hydrogens is 240 g/mol. The largest absolute Gasteiger partial charge is 0.298 e. The molecular formula is C16H12OS. The van der Waals surface area contributed by atoms with E-state index in [9.17, 15) is 4.79 Å². The number of rotatable bonds is 0. The lowest BCUT2D eigenvalue weighted by Crippen LogP contribution is -2.47. The highest BCUT2D eigenvalue weighted by Gasteiger charge is 2.52. The Bertz CT molecular complexity index is 614. The van der Waals surface area contributed by atoms with E-state index in [1.165, 1.54) is 20.9 Å². The number of fused-ring (bicyclic) bond motifs is 4. The minimum Gasteiger partial charge on any atom is -0.298 e. The third kappa shape index (κ3) is 1.12. The standard InChI is InChI=1S/C16H12OS/c17-15-9-10-16(15)11-5-1-3-7-13(11)18-14-8-4-2-6-12(14)16/h1-8H,9-10H2. The lowest BCUT2D eigenvalue weighted by Gasteiger charge is -2.45. The van der Waals surface area contributed by atoms with Crippen LogP contribution in [-0.4, -0.2) is 5.78 Å². The first kappa shape index (κ1) is 10.4. The molecule has 2 aliphatic rings. The molecule has 1 spiro atoms. The summed E-state index contributed by atoms with van der Waals surface area (Å²) in [7, 11) is 0. The van der Waals surface area contributed by atoms with E-state index in [0.717, 1.165) is 6.42 Å². The zero-order valence-electron chi connectivity index (χ0n) is 9.85. The Labute approximate surface area is 110 Å². The van der Waals surface area contributed by atoms with E-state index >= 15 is 0 Å². The first-order chi connectivity index (χ1) is 8.82. The molecule has 0 radical (unpaired) electrons. The molecule has 2 heteroatoms. The van der Waals surface area contributed by atoms with Crippen LogP contribution in [0.5, 0.6) is 0 Å². The van der Waals surface area contributed by atoms with E-state index in [-0.39, 0.29) is 5.41 Å². The zero-order valence-corrected chi connectivity index (χ0v) is 10.7. The molecule has 88 valence electrons. The van der Waals surface area contributed by atoms with E-state index in [1.807, 2.05) is 12.1 Å². The highest BCUT2D eigenvalue weighted by Crippen LogP contribution is 2.56. The smallest absolute Gasteiger partial charge is 0.147 e. The highest BCUT2D eigenvalue weighted by molar-refractivity contribution is 7.99. The van der Waals surface area contributed by atoms with Crippen molar-refractivity contribution in [3.8, 4) is 0 Å². The van der Waals surface area contributed by atoms with E-state index < -0.39 is 0 Å². The van der Waals surface area contributed by atoms with Crippen molar-refractivity contribution in [2.75, 3.05) is 0 Å². The van der Waals surface area contributed by atoms with Crippen LogP contribution in [0.2, 0.25) is 0 Å². The van der Waals surface area contributed by atoms with Crippen molar-refractivity contribution in [1.82, 2.24) is 0 Å². The summed E-state index contributed by atoms with van der Waals surface area (Å²) in [5.74, 6) is 0.378. The molecule has 2 aromatic rings. The summed E-state index contributed by atoms with van der Waals surface area (Å²) in [6.45, 7) is 0. The van der Waals surface area contributed by atoms with Gasteiger partial charge in [-0.2, -0.15) is 0 Å². The summed E-state index contributed by atoms with van der Waals surface area (Å²) in [4.78, 5) is 14.8. The van der Waals surface area contributed by atoms with Gasteiger partial charge in [0.15, 0.2) is 0 Å². The van der Waals surface area contributed by atoms with Gasteiger partial charge in [0.1, 0.15) is 5.78 Å². The molecule has 1 nitrogen and oxygen atoms in total. The predicted octanol–water partition coefficient (Wildman–Crippen LogP) is 3.80. The Balaban J connectivity index is 2.05. The van der Waals surface area contributed by atoms with Crippen LogP contribution in [0, 0.1) is 0 Å². The van der Waals surface area contributed by atoms with Crippen molar-refractivity contribution in [2.24, 2.45) is 0 Å². The van der Waals surface area contributed by atoms with Crippen LogP contribution in [0.15, 0.2) is 58.3 Å². The third-order valence-electron chi connectivity index (χ3n) is 4.12. The minimum atomic E-state index is -0.335. The Morgan fingerprint density at radius 1 is 0.889 bits per heavy atom. The lowest BCUT2D eigenvalue weighted by molar-refractivity contribution is -0.129. The zero-order chi connectivity index (χ0) is 12.2. The summed E-state index contributed by atoms with van der Waals surface area (Å²) in [5, 5.41) is 0. The summed E-state index contributed by atoms with van der Waals surface area (Å²) in [6, 6.07) is 16.7. The molecule has 0 N–H and O–H groups in total. The molecule has 0 atom stereocenters. The Hall–Kier alpha value is -1.54. The van der Waals surface area contributed by atoms with Crippen LogP contribution in [0.25, 0.3) is 0 Å². The lowest BCUT2D eigenvalue weighted by atomic mass is 9.59. The molecule has 0 amide bonds. The maximum Gasteiger partial charge on any atom is 0.147 e.